The highest BCUT2D eigenvalue weighted by Crippen LogP contribution is 2.34. The summed E-state index contributed by atoms with van der Waals surface area (Å²) in [7, 11) is 0. The molecule has 5 rings (SSSR count). The predicted octanol–water partition coefficient (Wildman–Crippen LogP) is 4.19. The zero-order valence-corrected chi connectivity index (χ0v) is 12.8. The maximum absolute atomic E-state index is 12.7. The minimum Gasteiger partial charge on any atom is -0.448 e. The molecule has 0 saturated heterocycles. The Labute approximate surface area is 138 Å². The number of pyridine rings is 1. The number of para-hydroxylation sites is 2. The molecule has 0 bridgehead atoms. The van der Waals surface area contributed by atoms with Crippen LogP contribution in [0.2, 0.25) is 5.02 Å². The molecule has 116 valence electrons. The van der Waals surface area contributed by atoms with Gasteiger partial charge in [0.15, 0.2) is 5.58 Å². The second kappa shape index (κ2) is 4.49. The first-order valence-corrected chi connectivity index (χ1v) is 7.61. The van der Waals surface area contributed by atoms with Gasteiger partial charge in [0.1, 0.15) is 5.58 Å². The van der Waals surface area contributed by atoms with Gasteiger partial charge >= 0.3 is 5.63 Å². The molecule has 0 amide bonds. The summed E-state index contributed by atoms with van der Waals surface area (Å²) in [5.41, 5.74) is 0.201. The Morgan fingerprint density at radius 1 is 0.833 bits per heavy atom. The molecule has 0 unspecified atom stereocenters. The number of benzene rings is 2. The number of hydrogen-bond acceptors (Lipinski definition) is 4. The van der Waals surface area contributed by atoms with Crippen LogP contribution in [0.15, 0.2) is 60.9 Å². The van der Waals surface area contributed by atoms with Crippen molar-refractivity contribution in [1.29, 1.82) is 0 Å². The van der Waals surface area contributed by atoms with Crippen LogP contribution in [0.25, 0.3) is 43.8 Å². The summed E-state index contributed by atoms with van der Waals surface area (Å²) in [6.45, 7) is 0. The normalized spacial score (nSPS) is 11.9. The second-order valence-corrected chi connectivity index (χ2v) is 5.92. The topological polar surface area (TPSA) is 76.2 Å². The van der Waals surface area contributed by atoms with Gasteiger partial charge in [-0.25, -0.2) is 4.79 Å². The van der Waals surface area contributed by atoms with Gasteiger partial charge in [-0.15, -0.1) is 0 Å². The van der Waals surface area contributed by atoms with E-state index in [-0.39, 0.29) is 22.1 Å². The van der Waals surface area contributed by atoms with Crippen LogP contribution in [0, 0.1) is 0 Å². The van der Waals surface area contributed by atoms with Crippen LogP contribution in [0.5, 0.6) is 0 Å². The van der Waals surface area contributed by atoms with Crippen molar-refractivity contribution in [3.05, 3.63) is 68.3 Å². The molecule has 24 heavy (non-hydrogen) atoms. The Balaban J connectivity index is 2.22. The van der Waals surface area contributed by atoms with E-state index < -0.39 is 5.63 Å². The zero-order valence-electron chi connectivity index (χ0n) is 12.1. The summed E-state index contributed by atoms with van der Waals surface area (Å²) in [4.78, 5) is 27.9. The number of halogens is 1. The fourth-order valence-corrected chi connectivity index (χ4v) is 3.39. The lowest BCUT2D eigenvalue weighted by molar-refractivity contribution is 0.546. The van der Waals surface area contributed by atoms with Crippen molar-refractivity contribution in [2.45, 2.75) is 0 Å². The highest BCUT2D eigenvalue weighted by molar-refractivity contribution is 6.36. The molecule has 0 aliphatic carbocycles. The van der Waals surface area contributed by atoms with Crippen molar-refractivity contribution in [2.75, 3.05) is 0 Å². The Morgan fingerprint density at radius 2 is 1.62 bits per heavy atom. The lowest BCUT2D eigenvalue weighted by Crippen LogP contribution is -2.10. The standard InChI is InChI=1S/C18H8ClNO4/c19-10-6-3-5-9-14(10)20-17(21)13-12-8-4-1-2-7-11(8)23-16(12)18(22)24-15(9)13/h1-7H,(H,20,21). The van der Waals surface area contributed by atoms with Crippen LogP contribution >= 0.6 is 11.6 Å². The smallest absolute Gasteiger partial charge is 0.380 e. The van der Waals surface area contributed by atoms with Gasteiger partial charge in [0.05, 0.1) is 21.3 Å². The fraction of sp³-hybridized carbons (Fsp3) is 0. The van der Waals surface area contributed by atoms with E-state index in [2.05, 4.69) is 4.98 Å². The van der Waals surface area contributed by atoms with E-state index in [0.29, 0.717) is 32.3 Å². The maximum Gasteiger partial charge on any atom is 0.380 e. The lowest BCUT2D eigenvalue weighted by Gasteiger charge is -2.04. The zero-order chi connectivity index (χ0) is 16.4. The molecule has 0 spiro atoms. The van der Waals surface area contributed by atoms with Crippen LogP contribution in [-0.4, -0.2) is 4.98 Å². The summed E-state index contributed by atoms with van der Waals surface area (Å²) >= 11 is 6.15. The molecule has 3 heterocycles. The van der Waals surface area contributed by atoms with Crippen LogP contribution in [0.4, 0.5) is 0 Å². The predicted molar refractivity (Wildman–Crippen MR) is 92.9 cm³/mol. The van der Waals surface area contributed by atoms with Crippen molar-refractivity contribution < 1.29 is 8.83 Å². The Bertz CT molecular complexity index is 1410. The number of furan rings is 1. The first-order valence-electron chi connectivity index (χ1n) is 7.24. The monoisotopic (exact) mass is 337 g/mol. The third-order valence-corrected chi connectivity index (χ3v) is 4.49. The largest absolute Gasteiger partial charge is 0.448 e. The average Bonchev–Trinajstić information content (AvgIpc) is 2.96. The van der Waals surface area contributed by atoms with E-state index >= 15 is 0 Å². The van der Waals surface area contributed by atoms with Gasteiger partial charge in [0, 0.05) is 10.8 Å². The Hall–Kier alpha value is -3.05. The second-order valence-electron chi connectivity index (χ2n) is 5.51. The van der Waals surface area contributed by atoms with E-state index in [0.717, 1.165) is 0 Å². The first kappa shape index (κ1) is 13.4. The molecule has 2 aromatic carbocycles. The summed E-state index contributed by atoms with van der Waals surface area (Å²) in [5, 5.41) is 2.38. The number of aromatic nitrogens is 1. The lowest BCUT2D eigenvalue weighted by atomic mass is 10.1. The Kier molecular flexibility index (Phi) is 2.51. The molecule has 6 heteroatoms. The first-order chi connectivity index (χ1) is 11.6. The van der Waals surface area contributed by atoms with Crippen LogP contribution in [0.3, 0.4) is 0 Å². The molecular weight excluding hydrogens is 330 g/mol. The van der Waals surface area contributed by atoms with Gasteiger partial charge in [-0.05, 0) is 18.2 Å². The van der Waals surface area contributed by atoms with Gasteiger partial charge in [-0.2, -0.15) is 0 Å². The van der Waals surface area contributed by atoms with Gasteiger partial charge < -0.3 is 13.8 Å². The minimum atomic E-state index is -0.624. The van der Waals surface area contributed by atoms with Crippen molar-refractivity contribution in [3.8, 4) is 0 Å². The van der Waals surface area contributed by atoms with Crippen molar-refractivity contribution in [3.63, 3.8) is 0 Å². The highest BCUT2D eigenvalue weighted by Gasteiger charge is 2.20. The molecule has 5 aromatic rings. The van der Waals surface area contributed by atoms with Gasteiger partial charge in [-0.1, -0.05) is 35.9 Å². The van der Waals surface area contributed by atoms with Crippen molar-refractivity contribution in [2.24, 2.45) is 0 Å². The number of rotatable bonds is 0. The van der Waals surface area contributed by atoms with Gasteiger partial charge in [0.2, 0.25) is 5.58 Å². The van der Waals surface area contributed by atoms with Crippen LogP contribution in [0.1, 0.15) is 0 Å². The molecule has 1 N–H and O–H groups in total. The quantitative estimate of drug-likeness (QED) is 0.430. The summed E-state index contributed by atoms with van der Waals surface area (Å²) < 4.78 is 11.0. The number of aromatic amines is 1. The van der Waals surface area contributed by atoms with E-state index in [1.165, 1.54) is 0 Å². The van der Waals surface area contributed by atoms with Crippen molar-refractivity contribution >= 4 is 55.4 Å². The molecule has 0 aliphatic heterocycles. The van der Waals surface area contributed by atoms with Crippen LogP contribution in [-0.2, 0) is 0 Å². The molecule has 0 fully saturated rings. The summed E-state index contributed by atoms with van der Waals surface area (Å²) in [6, 6.07) is 12.3. The number of H-pyrrole nitrogens is 1. The highest BCUT2D eigenvalue weighted by atomic mass is 35.5. The fourth-order valence-electron chi connectivity index (χ4n) is 3.16. The minimum absolute atomic E-state index is 0.0376. The molecule has 0 saturated carbocycles. The molecule has 0 atom stereocenters. The average molecular weight is 338 g/mol. The molecule has 0 radical (unpaired) electrons. The van der Waals surface area contributed by atoms with Crippen molar-refractivity contribution in [1.82, 2.24) is 4.98 Å². The summed E-state index contributed by atoms with van der Waals surface area (Å²) in [5.74, 6) is 0. The van der Waals surface area contributed by atoms with Gasteiger partial charge in [-0.3, -0.25) is 4.79 Å². The third-order valence-electron chi connectivity index (χ3n) is 4.18. The number of fused-ring (bicyclic) bond motifs is 7. The van der Waals surface area contributed by atoms with Crippen LogP contribution < -0.4 is 11.2 Å². The van der Waals surface area contributed by atoms with E-state index in [9.17, 15) is 9.59 Å². The summed E-state index contributed by atoms with van der Waals surface area (Å²) in [6.07, 6.45) is 0. The van der Waals surface area contributed by atoms with E-state index in [4.69, 9.17) is 20.4 Å². The Morgan fingerprint density at radius 3 is 2.50 bits per heavy atom. The third kappa shape index (κ3) is 1.59. The number of hydrogen-bond donors (Lipinski definition) is 1. The SMILES string of the molecule is O=c1oc2c3cccc(Cl)c3[nH]c(=O)c2c2c1oc1ccccc12. The van der Waals surface area contributed by atoms with E-state index in [1.54, 1.807) is 30.3 Å². The molecule has 0 aliphatic rings. The maximum atomic E-state index is 12.7. The molecule has 5 nitrogen and oxygen atoms in total. The number of nitrogens with one attached hydrogen (secondary N) is 1. The molecular formula is C18H8ClNO4. The van der Waals surface area contributed by atoms with E-state index in [1.807, 2.05) is 12.1 Å². The molecule has 3 aromatic heterocycles. The van der Waals surface area contributed by atoms with Gasteiger partial charge in [0.25, 0.3) is 5.56 Å².